The number of ether oxygens (including phenoxy) is 2. The summed E-state index contributed by atoms with van der Waals surface area (Å²) in [6, 6.07) is 12.2. The molecule has 0 amide bonds. The average molecular weight is 533 g/mol. The van der Waals surface area contributed by atoms with Gasteiger partial charge in [0.05, 0.1) is 14.2 Å². The summed E-state index contributed by atoms with van der Waals surface area (Å²) in [6.45, 7) is 8.00. The molecule has 0 spiro atoms. The molecule has 0 bridgehead atoms. The van der Waals surface area contributed by atoms with E-state index in [0.29, 0.717) is 23.2 Å². The van der Waals surface area contributed by atoms with Crippen molar-refractivity contribution in [3.63, 3.8) is 0 Å². The largest absolute Gasteiger partial charge is 0.493 e. The molecule has 4 aromatic rings. The topological polar surface area (TPSA) is 122 Å². The molecule has 0 saturated heterocycles. The van der Waals surface area contributed by atoms with Crippen LogP contribution in [0, 0.1) is 0 Å². The van der Waals surface area contributed by atoms with E-state index in [2.05, 4.69) is 22.1 Å². The van der Waals surface area contributed by atoms with Crippen LogP contribution in [0.15, 0.2) is 55.2 Å². The second kappa shape index (κ2) is 12.3. The van der Waals surface area contributed by atoms with Gasteiger partial charge in [0.2, 0.25) is 0 Å². The Labute approximate surface area is 230 Å². The predicted octanol–water partition coefficient (Wildman–Crippen LogP) is 6.38. The van der Waals surface area contributed by atoms with Crippen LogP contribution in [0.5, 0.6) is 11.5 Å². The van der Waals surface area contributed by atoms with E-state index in [4.69, 9.17) is 29.8 Å². The van der Waals surface area contributed by atoms with E-state index in [1.165, 1.54) is 0 Å². The average Bonchev–Trinajstić information content (AvgIpc) is 3.49. The molecule has 39 heavy (non-hydrogen) atoms. The molecule has 8 heteroatoms. The maximum Gasteiger partial charge on any atom is 0.176 e. The van der Waals surface area contributed by atoms with Crippen LogP contribution < -0.4 is 20.9 Å². The van der Waals surface area contributed by atoms with E-state index in [1.54, 1.807) is 14.2 Å². The highest BCUT2D eigenvalue weighted by Gasteiger charge is 2.15. The molecule has 0 aliphatic heterocycles. The molecular weight excluding hydrogens is 492 g/mol. The van der Waals surface area contributed by atoms with Gasteiger partial charge < -0.3 is 29.8 Å². The van der Waals surface area contributed by atoms with Gasteiger partial charge in [0.1, 0.15) is 23.2 Å². The summed E-state index contributed by atoms with van der Waals surface area (Å²) < 4.78 is 23.4. The third-order valence-corrected chi connectivity index (χ3v) is 6.44. The fourth-order valence-corrected chi connectivity index (χ4v) is 4.67. The van der Waals surface area contributed by atoms with Crippen LogP contribution in [0.1, 0.15) is 69.6 Å². The first-order valence-electron chi connectivity index (χ1n) is 13.6. The van der Waals surface area contributed by atoms with Gasteiger partial charge in [-0.15, -0.1) is 0 Å². The number of methoxy groups -OCH3 is 2. The predicted molar refractivity (Wildman–Crippen MR) is 159 cm³/mol. The lowest BCUT2D eigenvalue weighted by atomic mass is 10.1. The van der Waals surface area contributed by atoms with Gasteiger partial charge >= 0.3 is 0 Å². The molecule has 0 unspecified atom stereocenters. The number of aryl methyl sites for hydroxylation is 2. The standard InChI is InChI=1S/C31H40N4O4/c1-18(2)34-30(32)22-12-20-14-24(38-28(20)26(16-22)36-5)10-8-7-9-11-25-15-21-13-23(31(33)35-19(3)4)17-27(37-6)29(21)39-25/h12-19H,7-11H2,1-6H3,(H2,32,34)(H2,33,35). The molecule has 0 aliphatic carbocycles. The van der Waals surface area contributed by atoms with Gasteiger partial charge in [0.15, 0.2) is 22.7 Å². The summed E-state index contributed by atoms with van der Waals surface area (Å²) in [7, 11) is 3.28. The number of amidine groups is 2. The lowest BCUT2D eigenvalue weighted by Gasteiger charge is -2.07. The maximum atomic E-state index is 6.20. The first-order valence-corrected chi connectivity index (χ1v) is 13.6. The summed E-state index contributed by atoms with van der Waals surface area (Å²) in [5, 5.41) is 1.94. The number of nitrogens with zero attached hydrogens (tertiary/aromatic N) is 2. The molecule has 0 atom stereocenters. The Morgan fingerprint density at radius 2 is 1.08 bits per heavy atom. The molecule has 2 heterocycles. The number of rotatable bonds is 12. The van der Waals surface area contributed by atoms with E-state index in [-0.39, 0.29) is 12.1 Å². The lowest BCUT2D eigenvalue weighted by Crippen LogP contribution is -2.15. The number of hydrogen-bond acceptors (Lipinski definition) is 6. The van der Waals surface area contributed by atoms with Crippen molar-refractivity contribution in [2.75, 3.05) is 14.2 Å². The highest BCUT2D eigenvalue weighted by Crippen LogP contribution is 2.33. The SMILES string of the molecule is COc1cc(C(N)=NC(C)C)cc2cc(CCCCCc3cc4cc(C(N)=NC(C)C)cc(OC)c4o3)oc12. The molecule has 8 nitrogen and oxygen atoms in total. The second-order valence-electron chi connectivity index (χ2n) is 10.4. The number of fused-ring (bicyclic) bond motifs is 2. The van der Waals surface area contributed by atoms with Crippen molar-refractivity contribution in [2.45, 2.75) is 71.9 Å². The van der Waals surface area contributed by atoms with Crippen molar-refractivity contribution in [1.29, 1.82) is 0 Å². The minimum Gasteiger partial charge on any atom is -0.493 e. The molecule has 0 radical (unpaired) electrons. The minimum atomic E-state index is 0.119. The smallest absolute Gasteiger partial charge is 0.176 e. The summed E-state index contributed by atoms with van der Waals surface area (Å²) in [5.74, 6) is 4.19. The van der Waals surface area contributed by atoms with Gasteiger partial charge in [-0.2, -0.15) is 0 Å². The third kappa shape index (κ3) is 6.74. The Balaban J connectivity index is 1.38. The first-order chi connectivity index (χ1) is 18.7. The Hall–Kier alpha value is -3.94. The zero-order chi connectivity index (χ0) is 28.1. The van der Waals surface area contributed by atoms with E-state index in [0.717, 1.165) is 76.7 Å². The Bertz CT molecular complexity index is 1380. The fourth-order valence-electron chi connectivity index (χ4n) is 4.67. The molecule has 2 aromatic carbocycles. The van der Waals surface area contributed by atoms with E-state index in [1.807, 2.05) is 52.0 Å². The van der Waals surface area contributed by atoms with Crippen molar-refractivity contribution >= 4 is 33.6 Å². The van der Waals surface area contributed by atoms with Crippen LogP contribution in [-0.2, 0) is 12.8 Å². The van der Waals surface area contributed by atoms with Gasteiger partial charge in [-0.05, 0) is 76.9 Å². The molecule has 0 saturated carbocycles. The summed E-state index contributed by atoms with van der Waals surface area (Å²) in [6.07, 6.45) is 4.73. The highest BCUT2D eigenvalue weighted by atomic mass is 16.5. The minimum absolute atomic E-state index is 0.119. The normalized spacial score (nSPS) is 12.8. The quantitative estimate of drug-likeness (QED) is 0.124. The number of hydrogen-bond donors (Lipinski definition) is 2. The number of benzene rings is 2. The van der Waals surface area contributed by atoms with Crippen molar-refractivity contribution in [2.24, 2.45) is 21.5 Å². The second-order valence-corrected chi connectivity index (χ2v) is 10.4. The summed E-state index contributed by atoms with van der Waals surface area (Å²) in [4.78, 5) is 8.92. The van der Waals surface area contributed by atoms with Gasteiger partial charge in [-0.25, -0.2) is 0 Å². The zero-order valence-electron chi connectivity index (χ0n) is 23.8. The van der Waals surface area contributed by atoms with Crippen molar-refractivity contribution in [3.8, 4) is 11.5 Å². The van der Waals surface area contributed by atoms with Crippen LogP contribution in [0.25, 0.3) is 21.9 Å². The summed E-state index contributed by atoms with van der Waals surface area (Å²) in [5.41, 5.74) is 15.5. The van der Waals surface area contributed by atoms with Crippen LogP contribution in [-0.4, -0.2) is 38.0 Å². The first kappa shape index (κ1) is 28.1. The van der Waals surface area contributed by atoms with Crippen LogP contribution in [0.2, 0.25) is 0 Å². The van der Waals surface area contributed by atoms with Gasteiger partial charge in [-0.1, -0.05) is 6.42 Å². The van der Waals surface area contributed by atoms with Crippen LogP contribution in [0.4, 0.5) is 0 Å². The third-order valence-electron chi connectivity index (χ3n) is 6.44. The lowest BCUT2D eigenvalue weighted by molar-refractivity contribution is 0.406. The molecule has 0 aliphatic rings. The van der Waals surface area contributed by atoms with Crippen molar-refractivity contribution < 1.29 is 18.3 Å². The van der Waals surface area contributed by atoms with Crippen molar-refractivity contribution in [1.82, 2.24) is 0 Å². The van der Waals surface area contributed by atoms with Gasteiger partial charge in [0, 0.05) is 46.8 Å². The molecule has 4 rings (SSSR count). The molecule has 208 valence electrons. The molecule has 2 aromatic heterocycles. The number of unbranched alkanes of at least 4 members (excludes halogenated alkanes) is 2. The zero-order valence-corrected chi connectivity index (χ0v) is 23.8. The van der Waals surface area contributed by atoms with Crippen LogP contribution >= 0.6 is 0 Å². The summed E-state index contributed by atoms with van der Waals surface area (Å²) >= 11 is 0. The molecular formula is C31H40N4O4. The molecule has 4 N–H and O–H groups in total. The van der Waals surface area contributed by atoms with Gasteiger partial charge in [0.25, 0.3) is 0 Å². The van der Waals surface area contributed by atoms with E-state index < -0.39 is 0 Å². The Kier molecular flexibility index (Phi) is 8.84. The number of nitrogens with two attached hydrogens (primary N) is 2. The fraction of sp³-hybridized carbons (Fsp3) is 0.419. The van der Waals surface area contributed by atoms with E-state index in [9.17, 15) is 0 Å². The maximum absolute atomic E-state index is 6.20. The Morgan fingerprint density at radius 3 is 1.44 bits per heavy atom. The molecule has 0 fully saturated rings. The van der Waals surface area contributed by atoms with Gasteiger partial charge in [-0.3, -0.25) is 9.98 Å². The van der Waals surface area contributed by atoms with E-state index >= 15 is 0 Å². The number of aliphatic imine (C=N–C) groups is 2. The highest BCUT2D eigenvalue weighted by molar-refractivity contribution is 6.03. The van der Waals surface area contributed by atoms with Crippen molar-refractivity contribution in [3.05, 3.63) is 59.0 Å². The van der Waals surface area contributed by atoms with Crippen LogP contribution in [0.3, 0.4) is 0 Å². The monoisotopic (exact) mass is 532 g/mol. The number of furan rings is 2. The Morgan fingerprint density at radius 1 is 0.667 bits per heavy atom.